The SMILES string of the molecule is C=CNSc1ccc(NC(=O)C(Cc2ccccc2)NC(=O)c2ccc(F)cn2)c(C)c1.CCC. The van der Waals surface area contributed by atoms with E-state index in [1.165, 1.54) is 24.4 Å². The summed E-state index contributed by atoms with van der Waals surface area (Å²) in [4.78, 5) is 30.5. The first-order chi connectivity index (χ1) is 16.9. The fourth-order valence-electron chi connectivity index (χ4n) is 2.97. The molecule has 0 saturated carbocycles. The standard InChI is InChI=1S/C24H23FN4O2S.C3H8/c1-3-27-32-19-10-12-20(16(2)13-19)28-24(31)22(14-17-7-5-4-6-8-17)29-23(30)21-11-9-18(25)15-26-21;1-3-2/h3-13,15,22,27H,1,14H2,2H3,(H,28,31)(H,29,30);3H2,1-2H3. The number of nitrogens with zero attached hydrogens (tertiary/aromatic N) is 1. The minimum atomic E-state index is -0.854. The molecule has 0 saturated heterocycles. The summed E-state index contributed by atoms with van der Waals surface area (Å²) in [6.07, 6.45) is 4.09. The van der Waals surface area contributed by atoms with Crippen LogP contribution in [0.2, 0.25) is 0 Å². The maximum absolute atomic E-state index is 13.1. The smallest absolute Gasteiger partial charge is 0.270 e. The van der Waals surface area contributed by atoms with Crippen LogP contribution in [0.4, 0.5) is 10.1 Å². The molecule has 3 rings (SSSR count). The van der Waals surface area contributed by atoms with E-state index in [1.54, 1.807) is 6.20 Å². The summed E-state index contributed by atoms with van der Waals surface area (Å²) < 4.78 is 16.1. The Bertz CT molecular complexity index is 1110. The Labute approximate surface area is 210 Å². The van der Waals surface area contributed by atoms with E-state index in [0.717, 1.165) is 28.3 Å². The molecule has 0 spiro atoms. The summed E-state index contributed by atoms with van der Waals surface area (Å²) >= 11 is 1.41. The lowest BCUT2D eigenvalue weighted by atomic mass is 10.0. The van der Waals surface area contributed by atoms with Gasteiger partial charge in [-0.2, -0.15) is 0 Å². The molecule has 1 aromatic heterocycles. The predicted octanol–water partition coefficient (Wildman–Crippen LogP) is 5.67. The van der Waals surface area contributed by atoms with Crippen molar-refractivity contribution in [1.82, 2.24) is 15.0 Å². The fraction of sp³-hybridized carbons (Fsp3) is 0.222. The molecule has 184 valence electrons. The van der Waals surface area contributed by atoms with Crippen molar-refractivity contribution in [3.05, 3.63) is 102 Å². The monoisotopic (exact) mass is 494 g/mol. The number of carbonyl (C=O) groups excluding carboxylic acids is 2. The third-order valence-electron chi connectivity index (χ3n) is 4.58. The number of anilines is 1. The van der Waals surface area contributed by atoms with E-state index >= 15 is 0 Å². The van der Waals surface area contributed by atoms with Crippen LogP contribution < -0.4 is 15.4 Å². The Morgan fingerprint density at radius 2 is 1.83 bits per heavy atom. The highest BCUT2D eigenvalue weighted by Crippen LogP contribution is 2.22. The van der Waals surface area contributed by atoms with Crippen LogP contribution in [0.5, 0.6) is 0 Å². The second kappa shape index (κ2) is 14.6. The normalized spacial score (nSPS) is 10.9. The zero-order chi connectivity index (χ0) is 25.6. The van der Waals surface area contributed by atoms with Gasteiger partial charge in [0.05, 0.1) is 6.20 Å². The van der Waals surface area contributed by atoms with Gasteiger partial charge in [-0.3, -0.25) is 9.59 Å². The van der Waals surface area contributed by atoms with Crippen molar-refractivity contribution >= 4 is 29.4 Å². The molecule has 3 N–H and O–H groups in total. The van der Waals surface area contributed by atoms with Gasteiger partial charge in [-0.05, 0) is 60.3 Å². The van der Waals surface area contributed by atoms with Crippen molar-refractivity contribution in [3.63, 3.8) is 0 Å². The molecule has 0 aliphatic rings. The van der Waals surface area contributed by atoms with E-state index in [4.69, 9.17) is 0 Å². The summed E-state index contributed by atoms with van der Waals surface area (Å²) in [7, 11) is 0. The Morgan fingerprint density at radius 3 is 2.43 bits per heavy atom. The first-order valence-corrected chi connectivity index (χ1v) is 12.1. The van der Waals surface area contributed by atoms with Crippen LogP contribution in [0.25, 0.3) is 0 Å². The minimum absolute atomic E-state index is 0.0320. The molecule has 1 heterocycles. The quantitative estimate of drug-likeness (QED) is 0.334. The van der Waals surface area contributed by atoms with Crippen LogP contribution in [0.15, 0.2) is 84.5 Å². The zero-order valence-corrected chi connectivity index (χ0v) is 21.0. The Balaban J connectivity index is 0.00000137. The molecule has 0 aliphatic carbocycles. The number of rotatable bonds is 9. The highest BCUT2D eigenvalue weighted by atomic mass is 32.2. The first kappa shape index (κ1) is 27.6. The number of hydrogen-bond donors (Lipinski definition) is 3. The van der Waals surface area contributed by atoms with Crippen LogP contribution in [0, 0.1) is 12.7 Å². The number of hydrogen-bond acceptors (Lipinski definition) is 5. The molecular weight excluding hydrogens is 463 g/mol. The second-order valence-corrected chi connectivity index (χ2v) is 8.59. The molecule has 35 heavy (non-hydrogen) atoms. The maximum atomic E-state index is 13.1. The molecule has 3 aromatic rings. The van der Waals surface area contributed by atoms with Gasteiger partial charge in [0.2, 0.25) is 5.91 Å². The molecular formula is C27H31FN4O2S. The van der Waals surface area contributed by atoms with Crippen molar-refractivity contribution < 1.29 is 14.0 Å². The summed E-state index contributed by atoms with van der Waals surface area (Å²) in [6, 6.07) is 16.6. The number of nitrogens with one attached hydrogen (secondary N) is 3. The fourth-order valence-corrected chi connectivity index (χ4v) is 3.56. The van der Waals surface area contributed by atoms with Crippen LogP contribution in [-0.4, -0.2) is 22.8 Å². The summed E-state index contributed by atoms with van der Waals surface area (Å²) in [6.45, 7) is 9.75. The second-order valence-electron chi connectivity index (χ2n) is 7.67. The van der Waals surface area contributed by atoms with E-state index in [1.807, 2.05) is 55.5 Å². The van der Waals surface area contributed by atoms with Crippen molar-refractivity contribution in [3.8, 4) is 0 Å². The first-order valence-electron chi connectivity index (χ1n) is 11.3. The summed E-state index contributed by atoms with van der Waals surface area (Å²) in [5.74, 6) is -1.46. The van der Waals surface area contributed by atoms with Crippen LogP contribution in [0.3, 0.4) is 0 Å². The molecule has 1 unspecified atom stereocenters. The highest BCUT2D eigenvalue weighted by Gasteiger charge is 2.23. The third-order valence-corrected chi connectivity index (χ3v) is 5.35. The number of aryl methyl sites for hydroxylation is 1. The molecule has 6 nitrogen and oxygen atoms in total. The number of amides is 2. The average Bonchev–Trinajstić information content (AvgIpc) is 2.85. The van der Waals surface area contributed by atoms with E-state index < -0.39 is 17.8 Å². The van der Waals surface area contributed by atoms with Gasteiger partial charge < -0.3 is 15.4 Å². The molecule has 8 heteroatoms. The van der Waals surface area contributed by atoms with Gasteiger partial charge in [0.1, 0.15) is 17.6 Å². The van der Waals surface area contributed by atoms with Gasteiger partial charge in [-0.15, -0.1) is 0 Å². The van der Waals surface area contributed by atoms with Gasteiger partial charge >= 0.3 is 0 Å². The molecule has 0 radical (unpaired) electrons. The van der Waals surface area contributed by atoms with Gasteiger partial charge in [0, 0.05) is 23.2 Å². The summed E-state index contributed by atoms with van der Waals surface area (Å²) in [5.41, 5.74) is 2.44. The van der Waals surface area contributed by atoms with Gasteiger partial charge in [0.25, 0.3) is 5.91 Å². The van der Waals surface area contributed by atoms with Crippen molar-refractivity contribution in [2.75, 3.05) is 5.32 Å². The number of halogens is 1. The lowest BCUT2D eigenvalue weighted by Gasteiger charge is -2.19. The van der Waals surface area contributed by atoms with E-state index in [2.05, 4.69) is 40.8 Å². The van der Waals surface area contributed by atoms with E-state index in [-0.39, 0.29) is 18.0 Å². The summed E-state index contributed by atoms with van der Waals surface area (Å²) in [5, 5.41) is 5.61. The Kier molecular flexibility index (Phi) is 11.5. The number of carbonyl (C=O) groups is 2. The zero-order valence-electron chi connectivity index (χ0n) is 20.2. The molecule has 1 atom stereocenters. The number of benzene rings is 2. The van der Waals surface area contributed by atoms with Crippen molar-refractivity contribution in [1.29, 1.82) is 0 Å². The van der Waals surface area contributed by atoms with Gasteiger partial charge in [0.15, 0.2) is 0 Å². The topological polar surface area (TPSA) is 83.1 Å². The molecule has 0 aliphatic heterocycles. The number of pyridine rings is 1. The minimum Gasteiger partial charge on any atom is -0.339 e. The van der Waals surface area contributed by atoms with Crippen molar-refractivity contribution in [2.45, 2.75) is 44.6 Å². The highest BCUT2D eigenvalue weighted by molar-refractivity contribution is 7.97. The molecule has 0 bridgehead atoms. The molecule has 0 fully saturated rings. The number of aromatic nitrogens is 1. The van der Waals surface area contributed by atoms with E-state index in [0.29, 0.717) is 5.69 Å². The predicted molar refractivity (Wildman–Crippen MR) is 141 cm³/mol. The molecule has 2 aromatic carbocycles. The van der Waals surface area contributed by atoms with Crippen LogP contribution >= 0.6 is 11.9 Å². The molecule has 2 amide bonds. The largest absolute Gasteiger partial charge is 0.339 e. The Hall–Kier alpha value is -3.65. The lowest BCUT2D eigenvalue weighted by Crippen LogP contribution is -2.45. The third kappa shape index (κ3) is 9.25. The van der Waals surface area contributed by atoms with Gasteiger partial charge in [-0.1, -0.05) is 57.2 Å². The van der Waals surface area contributed by atoms with Crippen molar-refractivity contribution in [2.24, 2.45) is 0 Å². The van der Waals surface area contributed by atoms with Crippen LogP contribution in [-0.2, 0) is 11.2 Å². The lowest BCUT2D eigenvalue weighted by molar-refractivity contribution is -0.118. The maximum Gasteiger partial charge on any atom is 0.270 e. The Morgan fingerprint density at radius 1 is 1.11 bits per heavy atom. The average molecular weight is 495 g/mol. The van der Waals surface area contributed by atoms with Gasteiger partial charge in [-0.25, -0.2) is 9.37 Å². The van der Waals surface area contributed by atoms with E-state index in [9.17, 15) is 14.0 Å². The van der Waals surface area contributed by atoms with Crippen LogP contribution in [0.1, 0.15) is 41.9 Å².